The molecule has 32 heavy (non-hydrogen) atoms. The molecule has 1 saturated heterocycles. The zero-order chi connectivity index (χ0) is 22.3. The van der Waals surface area contributed by atoms with Crippen molar-refractivity contribution in [2.24, 2.45) is 0 Å². The van der Waals surface area contributed by atoms with Gasteiger partial charge in [0.25, 0.3) is 0 Å². The second kappa shape index (κ2) is 7.76. The van der Waals surface area contributed by atoms with Crippen LogP contribution in [0.15, 0.2) is 73.2 Å². The molecule has 1 fully saturated rings. The van der Waals surface area contributed by atoms with E-state index in [2.05, 4.69) is 60.7 Å². The number of nitrogens with one attached hydrogen (secondary N) is 1. The highest BCUT2D eigenvalue weighted by Crippen LogP contribution is 2.36. The monoisotopic (exact) mass is 426 g/mol. The van der Waals surface area contributed by atoms with Gasteiger partial charge < -0.3 is 14.6 Å². The van der Waals surface area contributed by atoms with E-state index in [1.807, 2.05) is 48.7 Å². The molecule has 0 unspecified atom stereocenters. The second-order valence-electron chi connectivity index (χ2n) is 9.17. The van der Waals surface area contributed by atoms with Gasteiger partial charge in [-0.1, -0.05) is 36.4 Å². The maximum atomic E-state index is 6.27. The fourth-order valence-electron chi connectivity index (χ4n) is 3.83. The number of fused-ring (bicyclic) bond motifs is 1. The van der Waals surface area contributed by atoms with Crippen LogP contribution in [0, 0.1) is 0 Å². The third-order valence-corrected chi connectivity index (χ3v) is 6.40. The molecule has 3 aromatic heterocycles. The number of pyridine rings is 2. The highest BCUT2D eigenvalue weighted by molar-refractivity contribution is 6.62. The summed E-state index contributed by atoms with van der Waals surface area (Å²) >= 11 is 0. The first kappa shape index (κ1) is 20.7. The average molecular weight is 426 g/mol. The van der Waals surface area contributed by atoms with Crippen LogP contribution in [-0.2, 0) is 15.9 Å². The van der Waals surface area contributed by atoms with Crippen LogP contribution in [-0.4, -0.2) is 32.7 Å². The number of benzene rings is 1. The van der Waals surface area contributed by atoms with Crippen LogP contribution in [0.1, 0.15) is 33.3 Å². The molecule has 0 spiro atoms. The van der Waals surface area contributed by atoms with E-state index in [-0.39, 0.29) is 0 Å². The van der Waals surface area contributed by atoms with Crippen LogP contribution in [0.4, 0.5) is 5.82 Å². The fraction of sp³-hybridized carbons (Fsp3) is 0.280. The smallest absolute Gasteiger partial charge is 0.399 e. The predicted octanol–water partition coefficient (Wildman–Crippen LogP) is 4.31. The van der Waals surface area contributed by atoms with E-state index >= 15 is 0 Å². The Morgan fingerprint density at radius 3 is 2.38 bits per heavy atom. The number of nitrogens with zero attached hydrogens (tertiary/aromatic N) is 3. The molecule has 0 bridgehead atoms. The molecule has 6 nitrogen and oxygen atoms in total. The lowest BCUT2D eigenvalue weighted by atomic mass is 9.80. The highest BCUT2D eigenvalue weighted by Gasteiger charge is 2.51. The first-order valence-corrected chi connectivity index (χ1v) is 10.9. The quantitative estimate of drug-likeness (QED) is 0.482. The van der Waals surface area contributed by atoms with Crippen LogP contribution in [0.3, 0.4) is 0 Å². The summed E-state index contributed by atoms with van der Waals surface area (Å²) in [6, 6.07) is 18.3. The lowest BCUT2D eigenvalue weighted by Crippen LogP contribution is -2.41. The topological polar surface area (TPSA) is 60.7 Å². The van der Waals surface area contributed by atoms with E-state index in [1.54, 1.807) is 6.20 Å². The normalized spacial score (nSPS) is 17.1. The van der Waals surface area contributed by atoms with E-state index in [0.717, 1.165) is 28.2 Å². The number of hydrogen-bond acceptors (Lipinski definition) is 5. The number of rotatable bonds is 5. The molecule has 1 aliphatic heterocycles. The minimum atomic E-state index is -0.435. The average Bonchev–Trinajstić information content (AvgIpc) is 3.26. The van der Waals surface area contributed by atoms with Gasteiger partial charge in [-0.25, -0.2) is 4.98 Å². The molecule has 7 heteroatoms. The highest BCUT2D eigenvalue weighted by atomic mass is 16.7. The Labute approximate surface area is 188 Å². The molecular weight excluding hydrogens is 399 g/mol. The SMILES string of the molecule is CC1(C)OB(c2ccc3nc(-c4cccnc4)c(NCc4ccccc4)n3c2)OC1(C)C. The predicted molar refractivity (Wildman–Crippen MR) is 128 cm³/mol. The van der Waals surface area contributed by atoms with E-state index < -0.39 is 18.3 Å². The standard InChI is InChI=1S/C25H27BN4O2/c1-24(2)25(3,4)32-26(31-24)20-12-13-21-29-22(19-11-8-14-27-16-19)23(30(21)17-20)28-15-18-9-6-5-7-10-18/h5-14,16-17,28H,15H2,1-4H3. The fourth-order valence-corrected chi connectivity index (χ4v) is 3.83. The van der Waals surface area contributed by atoms with Gasteiger partial charge in [-0.3, -0.25) is 9.38 Å². The molecule has 0 saturated carbocycles. The molecule has 0 radical (unpaired) electrons. The van der Waals surface area contributed by atoms with Gasteiger partial charge >= 0.3 is 7.12 Å². The molecule has 4 aromatic rings. The molecule has 0 aliphatic carbocycles. The summed E-state index contributed by atoms with van der Waals surface area (Å²) in [5.41, 5.74) is 4.03. The van der Waals surface area contributed by atoms with Crippen LogP contribution in [0.2, 0.25) is 0 Å². The summed E-state index contributed by atoms with van der Waals surface area (Å²) in [5.74, 6) is 0.912. The summed E-state index contributed by atoms with van der Waals surface area (Å²) < 4.78 is 14.6. The van der Waals surface area contributed by atoms with Gasteiger partial charge in [-0.15, -0.1) is 0 Å². The van der Waals surface area contributed by atoms with Crippen molar-refractivity contribution in [2.45, 2.75) is 45.4 Å². The minimum absolute atomic E-state index is 0.392. The number of hydrogen-bond donors (Lipinski definition) is 1. The Bertz CT molecular complexity index is 1220. The van der Waals surface area contributed by atoms with Crippen molar-refractivity contribution in [3.8, 4) is 11.3 Å². The van der Waals surface area contributed by atoms with Gasteiger partial charge in [0.05, 0.1) is 11.2 Å². The van der Waals surface area contributed by atoms with Crippen LogP contribution < -0.4 is 10.8 Å². The van der Waals surface area contributed by atoms with Gasteiger partial charge in [-0.05, 0) is 56.9 Å². The van der Waals surface area contributed by atoms with Crippen molar-refractivity contribution in [1.29, 1.82) is 0 Å². The summed E-state index contributed by atoms with van der Waals surface area (Å²) in [5, 5.41) is 3.59. The van der Waals surface area contributed by atoms with Gasteiger partial charge in [-0.2, -0.15) is 0 Å². The summed E-state index contributed by atoms with van der Waals surface area (Å²) in [4.78, 5) is 9.19. The molecule has 5 rings (SSSR count). The lowest BCUT2D eigenvalue weighted by molar-refractivity contribution is 0.00578. The van der Waals surface area contributed by atoms with Crippen LogP contribution in [0.25, 0.3) is 16.9 Å². The van der Waals surface area contributed by atoms with Crippen LogP contribution >= 0.6 is 0 Å². The maximum Gasteiger partial charge on any atom is 0.496 e. The Morgan fingerprint density at radius 1 is 0.938 bits per heavy atom. The zero-order valence-corrected chi connectivity index (χ0v) is 18.9. The maximum absolute atomic E-state index is 6.27. The molecule has 1 aliphatic rings. The van der Waals surface area contributed by atoms with Crippen molar-refractivity contribution in [1.82, 2.24) is 14.4 Å². The molecular formula is C25H27BN4O2. The Balaban J connectivity index is 1.57. The van der Waals surface area contributed by atoms with E-state index in [9.17, 15) is 0 Å². The second-order valence-corrected chi connectivity index (χ2v) is 9.17. The summed E-state index contributed by atoms with van der Waals surface area (Å²) in [6.45, 7) is 8.95. The van der Waals surface area contributed by atoms with Crippen molar-refractivity contribution in [2.75, 3.05) is 5.32 Å². The van der Waals surface area contributed by atoms with E-state index in [1.165, 1.54) is 5.56 Å². The summed E-state index contributed by atoms with van der Waals surface area (Å²) in [6.07, 6.45) is 5.66. The molecule has 1 aromatic carbocycles. The molecule has 162 valence electrons. The minimum Gasteiger partial charge on any atom is -0.399 e. The van der Waals surface area contributed by atoms with Crippen molar-refractivity contribution < 1.29 is 9.31 Å². The van der Waals surface area contributed by atoms with Gasteiger partial charge in [0.2, 0.25) is 0 Å². The Morgan fingerprint density at radius 2 is 1.69 bits per heavy atom. The zero-order valence-electron chi connectivity index (χ0n) is 18.9. The van der Waals surface area contributed by atoms with Crippen LogP contribution in [0.5, 0.6) is 0 Å². The molecule has 1 N–H and O–H groups in total. The van der Waals surface area contributed by atoms with E-state index in [0.29, 0.717) is 6.54 Å². The molecule has 0 atom stereocenters. The molecule has 4 heterocycles. The third-order valence-electron chi connectivity index (χ3n) is 6.40. The number of aromatic nitrogens is 3. The number of imidazole rings is 1. The lowest BCUT2D eigenvalue weighted by Gasteiger charge is -2.32. The van der Waals surface area contributed by atoms with Gasteiger partial charge in [0, 0.05) is 30.7 Å². The first-order chi connectivity index (χ1) is 15.3. The van der Waals surface area contributed by atoms with E-state index in [4.69, 9.17) is 14.3 Å². The Hall–Kier alpha value is -3.16. The third kappa shape index (κ3) is 3.68. The molecule has 0 amide bonds. The van der Waals surface area contributed by atoms with Gasteiger partial charge in [0.15, 0.2) is 0 Å². The summed E-state index contributed by atoms with van der Waals surface area (Å²) in [7, 11) is -0.435. The van der Waals surface area contributed by atoms with Crippen molar-refractivity contribution in [3.63, 3.8) is 0 Å². The first-order valence-electron chi connectivity index (χ1n) is 10.9. The van der Waals surface area contributed by atoms with Crippen molar-refractivity contribution in [3.05, 3.63) is 78.8 Å². The Kier molecular flexibility index (Phi) is 5.03. The largest absolute Gasteiger partial charge is 0.496 e. The number of anilines is 1. The van der Waals surface area contributed by atoms with Gasteiger partial charge in [0.1, 0.15) is 17.2 Å². The van der Waals surface area contributed by atoms with Crippen molar-refractivity contribution >= 4 is 24.0 Å².